The van der Waals surface area contributed by atoms with Crippen LogP contribution in [-0.4, -0.2) is 9.79 Å². The van der Waals surface area contributed by atoms with Crippen molar-refractivity contribution in [2.75, 3.05) is 0 Å². The van der Waals surface area contributed by atoms with Crippen LogP contribution >= 0.6 is 7.60 Å². The lowest BCUT2D eigenvalue weighted by Gasteiger charge is -2.26. The molecular formula is C9H14NO3P. The van der Waals surface area contributed by atoms with E-state index >= 15 is 0 Å². The molecule has 1 aromatic carbocycles. The summed E-state index contributed by atoms with van der Waals surface area (Å²) in [5.74, 6) is 0. The van der Waals surface area contributed by atoms with Crippen molar-refractivity contribution in [3.05, 3.63) is 35.4 Å². The van der Waals surface area contributed by atoms with Gasteiger partial charge in [-0.05, 0) is 19.4 Å². The van der Waals surface area contributed by atoms with Crippen LogP contribution in [0.3, 0.4) is 0 Å². The van der Waals surface area contributed by atoms with Crippen LogP contribution in [0.4, 0.5) is 0 Å². The molecule has 0 bridgehead atoms. The first kappa shape index (κ1) is 11.4. The first-order valence-electron chi connectivity index (χ1n) is 4.17. The third kappa shape index (κ3) is 2.04. The van der Waals surface area contributed by atoms with Crippen LogP contribution in [0, 0.1) is 6.92 Å². The van der Waals surface area contributed by atoms with Gasteiger partial charge in [-0.1, -0.05) is 29.8 Å². The summed E-state index contributed by atoms with van der Waals surface area (Å²) in [5, 5.41) is -1.61. The number of rotatable bonds is 2. The van der Waals surface area contributed by atoms with Gasteiger partial charge < -0.3 is 15.5 Å². The van der Waals surface area contributed by atoms with Gasteiger partial charge in [0.25, 0.3) is 0 Å². The Morgan fingerprint density at radius 3 is 2.07 bits per heavy atom. The highest BCUT2D eigenvalue weighted by Crippen LogP contribution is 2.52. The highest BCUT2D eigenvalue weighted by atomic mass is 31.2. The molecule has 1 rings (SSSR count). The third-order valence-corrected chi connectivity index (χ3v) is 3.71. The van der Waals surface area contributed by atoms with Crippen LogP contribution in [-0.2, 0) is 9.85 Å². The van der Waals surface area contributed by atoms with Gasteiger partial charge in [-0.25, -0.2) is 0 Å². The predicted octanol–water partition coefficient (Wildman–Crippen LogP) is 1.30. The van der Waals surface area contributed by atoms with E-state index < -0.39 is 12.9 Å². The monoisotopic (exact) mass is 215 g/mol. The van der Waals surface area contributed by atoms with Gasteiger partial charge in [0.2, 0.25) is 0 Å². The van der Waals surface area contributed by atoms with Crippen LogP contribution in [0.2, 0.25) is 0 Å². The van der Waals surface area contributed by atoms with E-state index in [1.807, 2.05) is 6.92 Å². The van der Waals surface area contributed by atoms with E-state index in [0.717, 1.165) is 5.56 Å². The zero-order valence-electron chi connectivity index (χ0n) is 8.14. The second-order valence-electron chi connectivity index (χ2n) is 3.56. The van der Waals surface area contributed by atoms with E-state index in [-0.39, 0.29) is 0 Å². The van der Waals surface area contributed by atoms with Crippen molar-refractivity contribution in [1.29, 1.82) is 0 Å². The van der Waals surface area contributed by atoms with Crippen LogP contribution in [0.1, 0.15) is 18.1 Å². The van der Waals surface area contributed by atoms with Crippen molar-refractivity contribution in [3.8, 4) is 0 Å². The number of hydrogen-bond donors (Lipinski definition) is 3. The zero-order valence-corrected chi connectivity index (χ0v) is 9.03. The predicted molar refractivity (Wildman–Crippen MR) is 54.8 cm³/mol. The zero-order chi connectivity index (χ0) is 11.0. The maximum Gasteiger partial charge on any atom is 0.349 e. The van der Waals surface area contributed by atoms with Crippen LogP contribution in [0.15, 0.2) is 24.3 Å². The molecule has 0 spiro atoms. The topological polar surface area (TPSA) is 83.6 Å². The summed E-state index contributed by atoms with van der Waals surface area (Å²) in [6, 6.07) is 6.81. The summed E-state index contributed by atoms with van der Waals surface area (Å²) in [6.45, 7) is 3.23. The fraction of sp³-hybridized carbons (Fsp3) is 0.333. The quantitative estimate of drug-likeness (QED) is 0.649. The highest BCUT2D eigenvalue weighted by molar-refractivity contribution is 7.53. The lowest BCUT2D eigenvalue weighted by atomic mass is 10.1. The molecule has 5 heteroatoms. The number of nitrogens with two attached hydrogens (primary N) is 1. The van der Waals surface area contributed by atoms with Crippen LogP contribution in [0.5, 0.6) is 0 Å². The Kier molecular flexibility index (Phi) is 2.83. The van der Waals surface area contributed by atoms with E-state index in [9.17, 15) is 4.57 Å². The first-order chi connectivity index (χ1) is 6.25. The smallest absolute Gasteiger partial charge is 0.323 e. The standard InChI is InChI=1S/C9H14NO3P/c1-7-3-5-8(6-4-7)9(2,10)14(11,12)13/h3-6H,10H2,1-2H3,(H2,11,12,13). The summed E-state index contributed by atoms with van der Waals surface area (Å²) in [5.41, 5.74) is 7.07. The van der Waals surface area contributed by atoms with E-state index in [1.54, 1.807) is 24.3 Å². The third-order valence-electron chi connectivity index (χ3n) is 2.24. The van der Waals surface area contributed by atoms with Crippen molar-refractivity contribution in [2.45, 2.75) is 19.1 Å². The Morgan fingerprint density at radius 1 is 1.29 bits per heavy atom. The van der Waals surface area contributed by atoms with Gasteiger partial charge in [-0.15, -0.1) is 0 Å². The normalized spacial score (nSPS) is 16.4. The van der Waals surface area contributed by atoms with Gasteiger partial charge in [-0.3, -0.25) is 4.57 Å². The molecule has 0 aromatic heterocycles. The molecule has 4 nitrogen and oxygen atoms in total. The maximum absolute atomic E-state index is 11.1. The molecule has 14 heavy (non-hydrogen) atoms. The summed E-state index contributed by atoms with van der Waals surface area (Å²) in [7, 11) is -4.33. The Hall–Kier alpha value is -0.670. The molecule has 0 amide bonds. The maximum atomic E-state index is 11.1. The second kappa shape index (κ2) is 3.48. The minimum absolute atomic E-state index is 0.441. The minimum Gasteiger partial charge on any atom is -0.323 e. The Bertz CT molecular complexity index is 366. The summed E-state index contributed by atoms with van der Waals surface area (Å²) >= 11 is 0. The molecule has 78 valence electrons. The molecule has 0 aliphatic carbocycles. The second-order valence-corrected chi connectivity index (χ2v) is 5.57. The first-order valence-corrected chi connectivity index (χ1v) is 5.78. The average molecular weight is 215 g/mol. The molecule has 4 N–H and O–H groups in total. The highest BCUT2D eigenvalue weighted by Gasteiger charge is 2.39. The Labute approximate surface area is 82.9 Å². The molecule has 1 atom stereocenters. The van der Waals surface area contributed by atoms with Crippen molar-refractivity contribution < 1.29 is 14.4 Å². The molecule has 0 saturated carbocycles. The Morgan fingerprint density at radius 2 is 1.71 bits per heavy atom. The van der Waals surface area contributed by atoms with Crippen molar-refractivity contribution in [1.82, 2.24) is 0 Å². The van der Waals surface area contributed by atoms with E-state index in [0.29, 0.717) is 5.56 Å². The molecule has 1 unspecified atom stereocenters. The molecule has 0 saturated heterocycles. The summed E-state index contributed by atoms with van der Waals surface area (Å²) in [4.78, 5) is 18.1. The number of benzene rings is 1. The fourth-order valence-electron chi connectivity index (χ4n) is 1.06. The lowest BCUT2D eigenvalue weighted by Crippen LogP contribution is -2.32. The molecule has 0 aliphatic rings. The van der Waals surface area contributed by atoms with Gasteiger partial charge in [0, 0.05) is 0 Å². The van der Waals surface area contributed by atoms with Gasteiger partial charge in [0.05, 0.1) is 0 Å². The SMILES string of the molecule is Cc1ccc(C(C)(N)P(=O)(O)O)cc1. The van der Waals surface area contributed by atoms with Crippen molar-refractivity contribution in [2.24, 2.45) is 5.73 Å². The van der Waals surface area contributed by atoms with E-state index in [1.165, 1.54) is 6.92 Å². The Balaban J connectivity index is 3.17. The van der Waals surface area contributed by atoms with Gasteiger partial charge in [-0.2, -0.15) is 0 Å². The fourth-order valence-corrected chi connectivity index (χ4v) is 1.54. The van der Waals surface area contributed by atoms with Gasteiger partial charge in [0.1, 0.15) is 5.28 Å². The summed E-state index contributed by atoms with van der Waals surface area (Å²) in [6.07, 6.45) is 0. The minimum atomic E-state index is -4.33. The molecule has 0 aliphatic heterocycles. The van der Waals surface area contributed by atoms with E-state index in [4.69, 9.17) is 15.5 Å². The lowest BCUT2D eigenvalue weighted by molar-refractivity contribution is 0.333. The van der Waals surface area contributed by atoms with Crippen molar-refractivity contribution in [3.63, 3.8) is 0 Å². The molecule has 0 fully saturated rings. The van der Waals surface area contributed by atoms with Crippen molar-refractivity contribution >= 4 is 7.60 Å². The van der Waals surface area contributed by atoms with Gasteiger partial charge in [0.15, 0.2) is 0 Å². The molecule has 0 radical (unpaired) electrons. The average Bonchev–Trinajstić information content (AvgIpc) is 2.03. The van der Waals surface area contributed by atoms with Crippen LogP contribution < -0.4 is 5.73 Å². The number of hydrogen-bond acceptors (Lipinski definition) is 2. The van der Waals surface area contributed by atoms with E-state index in [2.05, 4.69) is 0 Å². The summed E-state index contributed by atoms with van der Waals surface area (Å²) < 4.78 is 11.1. The largest absolute Gasteiger partial charge is 0.349 e. The number of aryl methyl sites for hydroxylation is 1. The van der Waals surface area contributed by atoms with Crippen LogP contribution in [0.25, 0.3) is 0 Å². The molecule has 1 aromatic rings. The molecule has 0 heterocycles. The molecular weight excluding hydrogens is 201 g/mol. The van der Waals surface area contributed by atoms with Gasteiger partial charge >= 0.3 is 7.60 Å².